The van der Waals surface area contributed by atoms with Gasteiger partial charge >= 0.3 is 6.09 Å². The van der Waals surface area contributed by atoms with Gasteiger partial charge in [-0.15, -0.1) is 0 Å². The van der Waals surface area contributed by atoms with Gasteiger partial charge in [0.2, 0.25) is 11.8 Å². The molecule has 3 heterocycles. The third kappa shape index (κ3) is 3.83. The highest BCUT2D eigenvalue weighted by atomic mass is 32.2. The number of hydrogen-bond donors (Lipinski definition) is 1. The van der Waals surface area contributed by atoms with Gasteiger partial charge in [-0.05, 0) is 54.3 Å². The zero-order valence-electron chi connectivity index (χ0n) is 24.0. The molecular weight excluding hydrogens is 586 g/mol. The molecule has 1 unspecified atom stereocenters. The van der Waals surface area contributed by atoms with E-state index in [0.717, 1.165) is 10.5 Å². The normalized spacial score (nSPS) is 27.5. The molecule has 0 radical (unpaired) electrons. The molecule has 4 aliphatic rings. The van der Waals surface area contributed by atoms with Crippen LogP contribution in [0.15, 0.2) is 83.8 Å². The molecule has 3 aromatic carbocycles. The van der Waals surface area contributed by atoms with Gasteiger partial charge in [0.15, 0.2) is 5.72 Å². The Labute approximate surface area is 254 Å². The van der Waals surface area contributed by atoms with Gasteiger partial charge in [0, 0.05) is 13.0 Å². The van der Waals surface area contributed by atoms with E-state index in [0.29, 0.717) is 11.3 Å². The van der Waals surface area contributed by atoms with Crippen LogP contribution in [0.25, 0.3) is 0 Å². The number of carbonyl (C=O) groups excluding carboxylic acids is 3. The number of fused-ring (bicyclic) bond motifs is 1. The molecule has 3 amide bonds. The van der Waals surface area contributed by atoms with Crippen molar-refractivity contribution in [1.82, 2.24) is 9.80 Å². The lowest BCUT2D eigenvalue weighted by Gasteiger charge is -2.53. The van der Waals surface area contributed by atoms with Crippen LogP contribution in [0.3, 0.4) is 0 Å². The lowest BCUT2D eigenvalue weighted by atomic mass is 9.59. The van der Waals surface area contributed by atoms with Crippen molar-refractivity contribution in [3.05, 3.63) is 90.0 Å². The summed E-state index contributed by atoms with van der Waals surface area (Å²) in [6, 6.07) is 20.8. The maximum absolute atomic E-state index is 14.6. The van der Waals surface area contributed by atoms with Crippen LogP contribution in [0.5, 0.6) is 5.75 Å². The minimum Gasteiger partial charge on any atom is -0.497 e. The molecule has 1 aliphatic carbocycles. The fourth-order valence-corrected chi connectivity index (χ4v) is 9.44. The number of para-hydroxylation sites is 1. The maximum Gasteiger partial charge on any atom is 0.416 e. The van der Waals surface area contributed by atoms with E-state index >= 15 is 0 Å². The van der Waals surface area contributed by atoms with Crippen LogP contribution < -0.4 is 9.04 Å². The molecular formula is C32H31N3O8S. The van der Waals surface area contributed by atoms with Gasteiger partial charge < -0.3 is 19.5 Å². The number of sulfonamides is 1. The van der Waals surface area contributed by atoms with E-state index in [2.05, 4.69) is 0 Å². The van der Waals surface area contributed by atoms with Gasteiger partial charge in [0.25, 0.3) is 10.0 Å². The first-order chi connectivity index (χ1) is 21.1. The number of hydrogen-bond acceptors (Lipinski definition) is 8. The van der Waals surface area contributed by atoms with Gasteiger partial charge in [-0.3, -0.25) is 13.9 Å². The second-order valence-corrected chi connectivity index (χ2v) is 13.4. The van der Waals surface area contributed by atoms with Crippen LogP contribution in [0, 0.1) is 5.92 Å². The number of anilines is 1. The van der Waals surface area contributed by atoms with Crippen LogP contribution in [0.4, 0.5) is 10.5 Å². The zero-order valence-corrected chi connectivity index (χ0v) is 24.8. The van der Waals surface area contributed by atoms with E-state index in [1.54, 1.807) is 24.3 Å². The third-order valence-corrected chi connectivity index (χ3v) is 11.4. The summed E-state index contributed by atoms with van der Waals surface area (Å²) >= 11 is 0. The quantitative estimate of drug-likeness (QED) is 0.446. The highest BCUT2D eigenvalue weighted by Gasteiger charge is 2.75. The molecule has 12 heteroatoms. The Bertz CT molecular complexity index is 1770. The highest BCUT2D eigenvalue weighted by molar-refractivity contribution is 7.93. The minimum absolute atomic E-state index is 0.00608. The van der Waals surface area contributed by atoms with Crippen molar-refractivity contribution in [2.24, 2.45) is 5.92 Å². The summed E-state index contributed by atoms with van der Waals surface area (Å²) in [5.74, 6) is -1.53. The highest BCUT2D eigenvalue weighted by Crippen LogP contribution is 2.65. The van der Waals surface area contributed by atoms with E-state index in [4.69, 9.17) is 9.47 Å². The number of nitrogens with zero attached hydrogens (tertiary/aromatic N) is 3. The SMILES string of the molecule is COc1ccc(S(=O)(=O)N2c3ccccc3[C@]34CC(=O)N(Cc5ccccc5)C3(O)CC[C@@H](C(=O)N3CCOC3=O)[C@H]24)cc1. The summed E-state index contributed by atoms with van der Waals surface area (Å²) in [5.41, 5.74) is -1.78. The molecule has 7 rings (SSSR count). The van der Waals surface area contributed by atoms with Crippen LogP contribution in [0.2, 0.25) is 0 Å². The van der Waals surface area contributed by atoms with Crippen molar-refractivity contribution < 1.29 is 37.4 Å². The van der Waals surface area contributed by atoms with E-state index in [1.165, 1.54) is 40.6 Å². The molecule has 1 N–H and O–H groups in total. The van der Waals surface area contributed by atoms with Crippen molar-refractivity contribution in [3.8, 4) is 5.75 Å². The number of benzene rings is 3. The summed E-state index contributed by atoms with van der Waals surface area (Å²) in [5, 5.41) is 12.8. The number of rotatable bonds is 6. The summed E-state index contributed by atoms with van der Waals surface area (Å²) in [7, 11) is -2.89. The number of methoxy groups -OCH3 is 1. The molecule has 1 saturated carbocycles. The van der Waals surface area contributed by atoms with E-state index in [1.807, 2.05) is 30.3 Å². The van der Waals surface area contributed by atoms with E-state index in [9.17, 15) is 27.9 Å². The average molecular weight is 618 g/mol. The summed E-state index contributed by atoms with van der Waals surface area (Å²) in [6.45, 7) is 0.180. The fraction of sp³-hybridized carbons (Fsp3) is 0.344. The number of amides is 3. The lowest BCUT2D eigenvalue weighted by molar-refractivity contribution is -0.174. The van der Waals surface area contributed by atoms with Crippen molar-refractivity contribution in [1.29, 1.82) is 0 Å². The maximum atomic E-state index is 14.6. The van der Waals surface area contributed by atoms with Crippen LogP contribution in [0.1, 0.15) is 30.4 Å². The first kappa shape index (κ1) is 28.4. The Morgan fingerprint density at radius 3 is 2.41 bits per heavy atom. The molecule has 3 aromatic rings. The third-order valence-electron chi connectivity index (χ3n) is 9.60. The van der Waals surface area contributed by atoms with Crippen molar-refractivity contribution in [3.63, 3.8) is 0 Å². The number of cyclic esters (lactones) is 1. The summed E-state index contributed by atoms with van der Waals surface area (Å²) < 4.78 is 40.8. The Hall–Kier alpha value is -4.42. The predicted molar refractivity (Wildman–Crippen MR) is 157 cm³/mol. The lowest BCUT2D eigenvalue weighted by Crippen LogP contribution is -2.68. The number of likely N-dealkylation sites (tertiary alicyclic amines) is 1. The second kappa shape index (κ2) is 10.1. The number of imide groups is 1. The number of ether oxygens (including phenoxy) is 2. The van der Waals surface area contributed by atoms with Crippen molar-refractivity contribution >= 4 is 33.6 Å². The zero-order chi connectivity index (χ0) is 30.9. The molecule has 3 fully saturated rings. The molecule has 0 aromatic heterocycles. The van der Waals surface area contributed by atoms with Gasteiger partial charge in [0.1, 0.15) is 12.4 Å². The minimum atomic E-state index is -4.37. The van der Waals surface area contributed by atoms with Gasteiger partial charge in [0.05, 0.1) is 41.6 Å². The van der Waals surface area contributed by atoms with E-state index in [-0.39, 0.29) is 55.4 Å². The molecule has 4 atom stereocenters. The van der Waals surface area contributed by atoms with Crippen LogP contribution in [-0.4, -0.2) is 73.3 Å². The summed E-state index contributed by atoms with van der Waals surface area (Å²) in [6.07, 6.45) is -0.974. The predicted octanol–water partition coefficient (Wildman–Crippen LogP) is 3.02. The number of carbonyl (C=O) groups is 3. The standard InChI is InChI=1S/C32H31N3O8S/c1-42-22-11-13-23(14-12-22)44(40,41)35-26-10-6-5-9-25(26)31-19-27(36)34(20-21-7-3-2-4-8-21)32(31,39)16-15-24(28(31)35)29(37)33-17-18-43-30(33)38/h2-14,24,28,39H,15-20H2,1H3/t24-,28+,31+,32?/m1/s1. The molecule has 44 heavy (non-hydrogen) atoms. The van der Waals surface area contributed by atoms with Crippen molar-refractivity contribution in [2.75, 3.05) is 24.6 Å². The van der Waals surface area contributed by atoms with Crippen LogP contribution >= 0.6 is 0 Å². The molecule has 1 spiro atoms. The van der Waals surface area contributed by atoms with Crippen molar-refractivity contribution in [2.45, 2.75) is 47.9 Å². The van der Waals surface area contributed by atoms with Gasteiger partial charge in [-0.25, -0.2) is 18.1 Å². The Morgan fingerprint density at radius 2 is 1.73 bits per heavy atom. The average Bonchev–Trinajstić information content (AvgIpc) is 3.66. The Morgan fingerprint density at radius 1 is 1.02 bits per heavy atom. The Kier molecular flexibility index (Phi) is 6.49. The first-order valence-corrected chi connectivity index (χ1v) is 15.9. The van der Waals surface area contributed by atoms with Gasteiger partial charge in [-0.2, -0.15) is 0 Å². The molecule has 3 aliphatic heterocycles. The molecule has 0 bridgehead atoms. The number of aliphatic hydroxyl groups is 1. The van der Waals surface area contributed by atoms with Gasteiger partial charge in [-0.1, -0.05) is 48.5 Å². The largest absolute Gasteiger partial charge is 0.497 e. The topological polar surface area (TPSA) is 134 Å². The fourth-order valence-electron chi connectivity index (χ4n) is 7.68. The molecule has 228 valence electrons. The molecule has 11 nitrogen and oxygen atoms in total. The smallest absolute Gasteiger partial charge is 0.416 e. The monoisotopic (exact) mass is 617 g/mol. The Balaban J connectivity index is 1.43. The summed E-state index contributed by atoms with van der Waals surface area (Å²) in [4.78, 5) is 43.1. The van der Waals surface area contributed by atoms with E-state index < -0.39 is 45.1 Å². The first-order valence-electron chi connectivity index (χ1n) is 14.5. The molecule has 2 saturated heterocycles. The second-order valence-electron chi connectivity index (χ2n) is 11.6. The van der Waals surface area contributed by atoms with Crippen LogP contribution in [-0.2, 0) is 36.3 Å².